The zero-order valence-corrected chi connectivity index (χ0v) is 12.8. The number of urea groups is 1. The van der Waals surface area contributed by atoms with Gasteiger partial charge in [-0.05, 0) is 6.07 Å². The largest absolute Gasteiger partial charge is 0.329 e. The Bertz CT molecular complexity index is 760. The molecule has 0 bridgehead atoms. The molecule has 2 heterocycles. The molecule has 0 atom stereocenters. The van der Waals surface area contributed by atoms with Gasteiger partial charge in [0.25, 0.3) is 5.69 Å². The Kier molecular flexibility index (Phi) is 3.94. The Labute approximate surface area is 132 Å². The average Bonchev–Trinajstić information content (AvgIpc) is 3.03. The number of amides is 3. The van der Waals surface area contributed by atoms with Gasteiger partial charge in [0.15, 0.2) is 4.34 Å². The van der Waals surface area contributed by atoms with Gasteiger partial charge in [-0.25, -0.2) is 9.78 Å². The van der Waals surface area contributed by atoms with Crippen molar-refractivity contribution in [3.63, 3.8) is 0 Å². The average molecular weight is 338 g/mol. The van der Waals surface area contributed by atoms with Crippen molar-refractivity contribution in [2.75, 3.05) is 18.8 Å². The molecule has 0 radical (unpaired) electrons. The van der Waals surface area contributed by atoms with Crippen molar-refractivity contribution in [1.82, 2.24) is 15.2 Å². The second-order valence-corrected chi connectivity index (χ2v) is 6.81. The molecule has 0 saturated carbocycles. The maximum atomic E-state index is 11.4. The van der Waals surface area contributed by atoms with E-state index in [4.69, 9.17) is 0 Å². The first kappa shape index (κ1) is 14.7. The third-order valence-corrected chi connectivity index (χ3v) is 5.18. The Morgan fingerprint density at radius 1 is 1.45 bits per heavy atom. The molecular formula is C12H10N4O4S2. The number of thiazole rings is 1. The Morgan fingerprint density at radius 3 is 2.95 bits per heavy atom. The second-order valence-electron chi connectivity index (χ2n) is 4.44. The number of imide groups is 1. The number of carbonyl (C=O) groups is 2. The van der Waals surface area contributed by atoms with E-state index in [9.17, 15) is 19.7 Å². The summed E-state index contributed by atoms with van der Waals surface area (Å²) >= 11 is 2.77. The summed E-state index contributed by atoms with van der Waals surface area (Å²) < 4.78 is 1.49. The van der Waals surface area contributed by atoms with Crippen molar-refractivity contribution in [2.45, 2.75) is 4.34 Å². The number of nitro benzene ring substituents is 1. The number of nitrogens with zero attached hydrogens (tertiary/aromatic N) is 3. The molecule has 22 heavy (non-hydrogen) atoms. The molecule has 8 nitrogen and oxygen atoms in total. The lowest BCUT2D eigenvalue weighted by Gasteiger charge is -2.10. The van der Waals surface area contributed by atoms with Crippen LogP contribution in [0.5, 0.6) is 0 Å². The van der Waals surface area contributed by atoms with Crippen LogP contribution in [0.2, 0.25) is 0 Å². The number of nitro groups is 1. The molecule has 0 aliphatic carbocycles. The lowest BCUT2D eigenvalue weighted by molar-refractivity contribution is -0.384. The minimum absolute atomic E-state index is 0.0343. The number of non-ortho nitro benzene ring substituents is 1. The highest BCUT2D eigenvalue weighted by Crippen LogP contribution is 2.31. The van der Waals surface area contributed by atoms with Crippen LogP contribution in [0.25, 0.3) is 10.2 Å². The van der Waals surface area contributed by atoms with Gasteiger partial charge in [-0.15, -0.1) is 11.3 Å². The molecule has 0 spiro atoms. The minimum atomic E-state index is -0.441. The number of hydrogen-bond acceptors (Lipinski definition) is 7. The number of carbonyl (C=O) groups excluding carboxylic acids is 2. The lowest BCUT2D eigenvalue weighted by atomic mass is 10.3. The highest BCUT2D eigenvalue weighted by atomic mass is 32.2. The van der Waals surface area contributed by atoms with Crippen LogP contribution in [0.4, 0.5) is 10.5 Å². The molecule has 1 aliphatic rings. The van der Waals surface area contributed by atoms with Gasteiger partial charge in [-0.3, -0.25) is 19.8 Å². The van der Waals surface area contributed by atoms with E-state index < -0.39 is 4.92 Å². The first-order valence-electron chi connectivity index (χ1n) is 6.30. The predicted octanol–water partition coefficient (Wildman–Crippen LogP) is 1.85. The summed E-state index contributed by atoms with van der Waals surface area (Å²) in [6.07, 6.45) is 0. The van der Waals surface area contributed by atoms with E-state index in [-0.39, 0.29) is 24.2 Å². The number of aromatic nitrogens is 1. The molecule has 1 aromatic carbocycles. The van der Waals surface area contributed by atoms with Crippen LogP contribution in [-0.2, 0) is 4.79 Å². The van der Waals surface area contributed by atoms with Crippen LogP contribution in [0, 0.1) is 10.1 Å². The first-order chi connectivity index (χ1) is 10.5. The van der Waals surface area contributed by atoms with Gasteiger partial charge in [0.05, 0.1) is 21.7 Å². The molecule has 114 valence electrons. The first-order valence-corrected chi connectivity index (χ1v) is 8.11. The van der Waals surface area contributed by atoms with Gasteiger partial charge < -0.3 is 5.32 Å². The Hall–Kier alpha value is -2.20. The molecule has 10 heteroatoms. The Balaban J connectivity index is 1.65. The van der Waals surface area contributed by atoms with E-state index in [1.165, 1.54) is 40.1 Å². The molecule has 1 fully saturated rings. The summed E-state index contributed by atoms with van der Waals surface area (Å²) in [6, 6.07) is 4.16. The highest BCUT2D eigenvalue weighted by Gasteiger charge is 2.27. The van der Waals surface area contributed by atoms with Crippen molar-refractivity contribution in [3.8, 4) is 0 Å². The number of thioether (sulfide) groups is 1. The summed E-state index contributed by atoms with van der Waals surface area (Å²) in [5.41, 5.74) is 0.736. The van der Waals surface area contributed by atoms with Gasteiger partial charge in [0.1, 0.15) is 0 Å². The summed E-state index contributed by atoms with van der Waals surface area (Å²) in [4.78, 5) is 38.6. The molecule has 1 aliphatic heterocycles. The van der Waals surface area contributed by atoms with Crippen molar-refractivity contribution in [3.05, 3.63) is 28.3 Å². The molecule has 1 N–H and O–H groups in total. The fourth-order valence-electron chi connectivity index (χ4n) is 1.97. The number of rotatable bonds is 5. The van der Waals surface area contributed by atoms with Crippen LogP contribution in [-0.4, -0.2) is 45.6 Å². The summed E-state index contributed by atoms with van der Waals surface area (Å²) in [7, 11) is 0. The van der Waals surface area contributed by atoms with E-state index in [1.54, 1.807) is 6.07 Å². The molecule has 0 unspecified atom stereocenters. The van der Waals surface area contributed by atoms with Crippen molar-refractivity contribution >= 4 is 50.9 Å². The third-order valence-electron chi connectivity index (χ3n) is 3.04. The maximum absolute atomic E-state index is 11.4. The standard InChI is InChI=1S/C12H10N4O4S2/c17-10-6-13-11(18)15(10)3-4-21-12-14-8-2-1-7(16(19)20)5-9(8)22-12/h1-2,5H,3-4,6H2,(H,13,18). The second kappa shape index (κ2) is 5.89. The van der Waals surface area contributed by atoms with Gasteiger partial charge in [0, 0.05) is 24.4 Å². The molecule has 3 amide bonds. The Morgan fingerprint density at radius 2 is 2.27 bits per heavy atom. The van der Waals surface area contributed by atoms with Crippen LogP contribution in [0.3, 0.4) is 0 Å². The smallest absolute Gasteiger partial charge is 0.324 e. The van der Waals surface area contributed by atoms with E-state index in [0.717, 1.165) is 9.04 Å². The van der Waals surface area contributed by atoms with Gasteiger partial charge in [-0.1, -0.05) is 11.8 Å². The van der Waals surface area contributed by atoms with Gasteiger partial charge >= 0.3 is 6.03 Å². The molecule has 1 aromatic heterocycles. The van der Waals surface area contributed by atoms with Crippen LogP contribution < -0.4 is 5.32 Å². The van der Waals surface area contributed by atoms with Crippen molar-refractivity contribution in [2.24, 2.45) is 0 Å². The van der Waals surface area contributed by atoms with Gasteiger partial charge in [-0.2, -0.15) is 0 Å². The number of hydrogen-bond donors (Lipinski definition) is 1. The SMILES string of the molecule is O=C1CNC(=O)N1CCSc1nc2ccc([N+](=O)[O-])cc2s1. The molecule has 1 saturated heterocycles. The zero-order chi connectivity index (χ0) is 15.7. The van der Waals surface area contributed by atoms with Crippen LogP contribution in [0.15, 0.2) is 22.5 Å². The fourth-order valence-corrected chi connectivity index (χ4v) is 4.07. The number of nitrogens with one attached hydrogen (secondary N) is 1. The third kappa shape index (κ3) is 2.88. The van der Waals surface area contributed by atoms with Crippen molar-refractivity contribution < 1.29 is 14.5 Å². The normalized spacial score (nSPS) is 14.6. The zero-order valence-electron chi connectivity index (χ0n) is 11.1. The van der Waals surface area contributed by atoms with E-state index in [1.807, 2.05) is 0 Å². The topological polar surface area (TPSA) is 105 Å². The van der Waals surface area contributed by atoms with E-state index >= 15 is 0 Å². The van der Waals surface area contributed by atoms with Gasteiger partial charge in [0.2, 0.25) is 5.91 Å². The number of fused-ring (bicyclic) bond motifs is 1. The quantitative estimate of drug-likeness (QED) is 0.386. The van der Waals surface area contributed by atoms with Crippen LogP contribution in [0.1, 0.15) is 0 Å². The monoisotopic (exact) mass is 338 g/mol. The maximum Gasteiger partial charge on any atom is 0.324 e. The summed E-state index contributed by atoms with van der Waals surface area (Å²) in [6.45, 7) is 0.361. The lowest BCUT2D eigenvalue weighted by Crippen LogP contribution is -2.32. The molecule has 3 rings (SSSR count). The summed E-state index contributed by atoms with van der Waals surface area (Å²) in [5.74, 6) is 0.298. The summed E-state index contributed by atoms with van der Waals surface area (Å²) in [5, 5.41) is 13.2. The minimum Gasteiger partial charge on any atom is -0.329 e. The van der Waals surface area contributed by atoms with Crippen molar-refractivity contribution in [1.29, 1.82) is 0 Å². The fraction of sp³-hybridized carbons (Fsp3) is 0.250. The number of benzene rings is 1. The molecule has 2 aromatic rings. The van der Waals surface area contributed by atoms with E-state index in [2.05, 4.69) is 10.3 Å². The van der Waals surface area contributed by atoms with Crippen LogP contribution >= 0.6 is 23.1 Å². The molecular weight excluding hydrogens is 328 g/mol. The predicted molar refractivity (Wildman–Crippen MR) is 82.1 cm³/mol. The highest BCUT2D eigenvalue weighted by molar-refractivity contribution is 8.01. The van der Waals surface area contributed by atoms with E-state index in [0.29, 0.717) is 17.8 Å².